The first kappa shape index (κ1) is 32.6. The summed E-state index contributed by atoms with van der Waals surface area (Å²) >= 11 is 14.6. The van der Waals surface area contributed by atoms with Crippen LogP contribution in [-0.2, 0) is 44.9 Å². The minimum Gasteiger partial charge on any atom is -0.308 e. The summed E-state index contributed by atoms with van der Waals surface area (Å²) in [5.41, 5.74) is 4.29. The van der Waals surface area contributed by atoms with Gasteiger partial charge in [-0.2, -0.15) is 0 Å². The van der Waals surface area contributed by atoms with Crippen molar-refractivity contribution in [3.63, 3.8) is 0 Å². The first-order chi connectivity index (χ1) is 22.0. The largest absolute Gasteiger partial charge is 0.308 e. The number of benzene rings is 3. The predicted octanol–water partition coefficient (Wildman–Crippen LogP) is 7.06. The van der Waals surface area contributed by atoms with Gasteiger partial charge >= 0.3 is 0 Å². The molecule has 3 aromatic carbocycles. The van der Waals surface area contributed by atoms with Gasteiger partial charge in [-0.25, -0.2) is 26.8 Å². The Labute approximate surface area is 284 Å². The Morgan fingerprint density at radius 2 is 1.57 bits per heavy atom. The van der Waals surface area contributed by atoms with Crippen LogP contribution in [0.3, 0.4) is 0 Å². The highest BCUT2D eigenvalue weighted by atomic mass is 35.5. The number of carbonyl (C=O) groups excluding carboxylic acids is 1. The van der Waals surface area contributed by atoms with Gasteiger partial charge in [0.15, 0.2) is 15.0 Å². The highest BCUT2D eigenvalue weighted by molar-refractivity contribution is 7.93. The molecule has 0 unspecified atom stereocenters. The highest BCUT2D eigenvalue weighted by Crippen LogP contribution is 2.34. The number of hydrogen-bond donors (Lipinski definition) is 1. The first-order valence-corrected chi connectivity index (χ1v) is 19.7. The Morgan fingerprint density at radius 1 is 0.826 bits per heavy atom. The average molecular weight is 734 g/mol. The average Bonchev–Trinajstić information content (AvgIpc) is 3.84. The van der Waals surface area contributed by atoms with Gasteiger partial charge in [0.25, 0.3) is 15.9 Å². The molecule has 0 spiro atoms. The molecule has 238 valence electrons. The molecule has 46 heavy (non-hydrogen) atoms. The van der Waals surface area contributed by atoms with E-state index < -0.39 is 19.9 Å². The lowest BCUT2D eigenvalue weighted by atomic mass is 10.1. The molecule has 7 rings (SSSR count). The van der Waals surface area contributed by atoms with Crippen molar-refractivity contribution in [3.8, 4) is 0 Å². The zero-order chi connectivity index (χ0) is 32.5. The van der Waals surface area contributed by atoms with Crippen LogP contribution in [0.5, 0.6) is 0 Å². The Morgan fingerprint density at radius 3 is 2.30 bits per heavy atom. The van der Waals surface area contributed by atoms with Gasteiger partial charge in [0.05, 0.1) is 20.4 Å². The number of aryl methyl sites for hydroxylation is 2. The second-order valence-electron chi connectivity index (χ2n) is 10.5. The standard InChI is InChI=1S/C19H14Cl2N2O3S2.C12H12N2O2S2/c20-13-1-3-15(16(21)10-13)19(24)23-7-5-12-9-14(2-4-17(12)23)28(25,26)11-18-22-6-8-27-18;15-18(16,14-12-13-6-7-17-12)11-5-4-9-2-1-3-10(9)8-11/h1-4,6,8-10H,5,7,11H2;4-8H,1-3H2,(H,13,14). The summed E-state index contributed by atoms with van der Waals surface area (Å²) in [6.45, 7) is 0.461. The number of nitrogens with one attached hydrogen (secondary N) is 1. The van der Waals surface area contributed by atoms with E-state index in [4.69, 9.17) is 23.2 Å². The lowest BCUT2D eigenvalue weighted by molar-refractivity contribution is 0.0989. The molecule has 0 bridgehead atoms. The number of hydrogen-bond acceptors (Lipinski definition) is 9. The Kier molecular flexibility index (Phi) is 9.51. The van der Waals surface area contributed by atoms with Crippen LogP contribution in [0.15, 0.2) is 87.5 Å². The molecule has 15 heteroatoms. The number of fused-ring (bicyclic) bond motifs is 2. The number of sulfone groups is 1. The maximum Gasteiger partial charge on any atom is 0.263 e. The summed E-state index contributed by atoms with van der Waals surface area (Å²) in [6.07, 6.45) is 6.87. The third kappa shape index (κ3) is 7.14. The van der Waals surface area contributed by atoms with Crippen molar-refractivity contribution in [2.75, 3.05) is 16.2 Å². The van der Waals surface area contributed by atoms with Crippen molar-refractivity contribution in [1.82, 2.24) is 9.97 Å². The summed E-state index contributed by atoms with van der Waals surface area (Å²) in [7, 11) is -7.00. The van der Waals surface area contributed by atoms with Crippen molar-refractivity contribution in [2.45, 2.75) is 41.2 Å². The molecular weight excluding hydrogens is 708 g/mol. The molecule has 9 nitrogen and oxygen atoms in total. The van der Waals surface area contributed by atoms with Crippen molar-refractivity contribution in [2.24, 2.45) is 0 Å². The molecule has 5 aromatic rings. The number of sulfonamides is 1. The maximum atomic E-state index is 12.9. The Bertz CT molecular complexity index is 2120. The van der Waals surface area contributed by atoms with Crippen LogP contribution >= 0.6 is 45.9 Å². The molecule has 0 saturated heterocycles. The van der Waals surface area contributed by atoms with Crippen LogP contribution in [0.1, 0.15) is 38.5 Å². The summed E-state index contributed by atoms with van der Waals surface area (Å²) in [6, 6.07) is 15.0. The van der Waals surface area contributed by atoms with Gasteiger partial charge < -0.3 is 4.90 Å². The van der Waals surface area contributed by atoms with Crippen LogP contribution in [0.25, 0.3) is 0 Å². The zero-order valence-corrected chi connectivity index (χ0v) is 28.8. The van der Waals surface area contributed by atoms with Crippen molar-refractivity contribution in [1.29, 1.82) is 0 Å². The van der Waals surface area contributed by atoms with Gasteiger partial charge in [-0.1, -0.05) is 29.3 Å². The molecule has 1 aliphatic carbocycles. The summed E-state index contributed by atoms with van der Waals surface area (Å²) in [4.78, 5) is 23.1. The molecule has 1 amide bonds. The van der Waals surface area contributed by atoms with Crippen LogP contribution in [-0.4, -0.2) is 39.3 Å². The smallest absolute Gasteiger partial charge is 0.263 e. The number of amides is 1. The van der Waals surface area contributed by atoms with E-state index in [0.717, 1.165) is 30.4 Å². The Hall–Kier alpha value is -3.33. The number of carbonyl (C=O) groups is 1. The lowest BCUT2D eigenvalue weighted by Crippen LogP contribution is -2.29. The minimum atomic E-state index is -3.51. The fraction of sp³-hybridized carbons (Fsp3) is 0.194. The number of nitrogens with zero attached hydrogens (tertiary/aromatic N) is 3. The molecule has 1 aliphatic heterocycles. The SMILES string of the molecule is O=C(c1ccc(Cl)cc1Cl)N1CCc2cc(S(=O)(=O)Cc3nccs3)ccc21.O=S(=O)(Nc1nccs1)c1ccc2c(c1)CCC2. The van der Waals surface area contributed by atoms with Gasteiger partial charge in [-0.3, -0.25) is 9.52 Å². The molecule has 2 aromatic heterocycles. The zero-order valence-electron chi connectivity index (χ0n) is 24.0. The molecule has 3 heterocycles. The van der Waals surface area contributed by atoms with E-state index in [0.29, 0.717) is 44.3 Å². The van der Waals surface area contributed by atoms with E-state index in [1.165, 1.54) is 40.4 Å². The molecule has 0 fully saturated rings. The highest BCUT2D eigenvalue weighted by Gasteiger charge is 2.29. The first-order valence-electron chi connectivity index (χ1n) is 14.1. The number of rotatable bonds is 7. The van der Waals surface area contributed by atoms with E-state index in [9.17, 15) is 21.6 Å². The van der Waals surface area contributed by atoms with E-state index in [-0.39, 0.29) is 21.6 Å². The third-order valence-electron chi connectivity index (χ3n) is 7.54. The second-order valence-corrected chi connectivity index (χ2v) is 16.9. The third-order valence-corrected chi connectivity index (χ3v) is 12.8. The quantitative estimate of drug-likeness (QED) is 0.190. The molecule has 0 atom stereocenters. The molecule has 2 aliphatic rings. The summed E-state index contributed by atoms with van der Waals surface area (Å²) in [5.74, 6) is -0.370. The van der Waals surface area contributed by atoms with Crippen molar-refractivity contribution in [3.05, 3.63) is 115 Å². The van der Waals surface area contributed by atoms with Gasteiger partial charge in [0.2, 0.25) is 0 Å². The topological polar surface area (TPSA) is 126 Å². The fourth-order valence-electron chi connectivity index (χ4n) is 5.32. The van der Waals surface area contributed by atoms with Gasteiger partial charge in [0.1, 0.15) is 10.8 Å². The van der Waals surface area contributed by atoms with Crippen molar-refractivity contribution < 1.29 is 21.6 Å². The van der Waals surface area contributed by atoms with E-state index >= 15 is 0 Å². The number of aromatic nitrogens is 2. The molecular formula is C31H26Cl2N4O5S4. The van der Waals surface area contributed by atoms with Crippen LogP contribution in [0.2, 0.25) is 10.0 Å². The van der Waals surface area contributed by atoms with Crippen LogP contribution < -0.4 is 9.62 Å². The summed E-state index contributed by atoms with van der Waals surface area (Å²) in [5, 5.41) is 5.18. The van der Waals surface area contributed by atoms with E-state index in [2.05, 4.69) is 14.7 Å². The molecule has 1 N–H and O–H groups in total. The summed E-state index contributed by atoms with van der Waals surface area (Å²) < 4.78 is 52.1. The van der Waals surface area contributed by atoms with Gasteiger partial charge in [-0.05, 0) is 90.9 Å². The van der Waals surface area contributed by atoms with Gasteiger partial charge in [0, 0.05) is 40.4 Å². The van der Waals surface area contributed by atoms with E-state index in [1.807, 2.05) is 6.07 Å². The maximum absolute atomic E-state index is 12.9. The minimum absolute atomic E-state index is 0.132. The monoisotopic (exact) mass is 732 g/mol. The Balaban J connectivity index is 0.000000178. The van der Waals surface area contributed by atoms with Crippen LogP contribution in [0, 0.1) is 0 Å². The second kappa shape index (κ2) is 13.4. The van der Waals surface area contributed by atoms with E-state index in [1.54, 1.807) is 64.5 Å². The number of thiazole rings is 2. The molecule has 0 saturated carbocycles. The van der Waals surface area contributed by atoms with Crippen LogP contribution in [0.4, 0.5) is 10.8 Å². The van der Waals surface area contributed by atoms with Gasteiger partial charge in [-0.15, -0.1) is 22.7 Å². The number of halogens is 2. The van der Waals surface area contributed by atoms with Crippen molar-refractivity contribution >= 4 is 82.5 Å². The number of anilines is 2. The lowest BCUT2D eigenvalue weighted by Gasteiger charge is -2.18. The normalized spacial score (nSPS) is 13.9. The fourth-order valence-corrected chi connectivity index (χ4v) is 9.95. The molecule has 0 radical (unpaired) electrons. The predicted molar refractivity (Wildman–Crippen MR) is 183 cm³/mol.